The summed E-state index contributed by atoms with van der Waals surface area (Å²) in [4.78, 5) is 2.35. The molecule has 0 bridgehead atoms. The van der Waals surface area contributed by atoms with E-state index in [1.807, 2.05) is 0 Å². The van der Waals surface area contributed by atoms with Gasteiger partial charge in [-0.2, -0.15) is 0 Å². The van der Waals surface area contributed by atoms with Crippen LogP contribution in [-0.4, -0.2) is 25.0 Å². The first-order valence-corrected chi connectivity index (χ1v) is 5.20. The Balaban J connectivity index is 4.47. The highest BCUT2D eigenvalue weighted by molar-refractivity contribution is 4.84. The zero-order chi connectivity index (χ0) is 10.9. The third kappa shape index (κ3) is 5.30. The lowest BCUT2D eigenvalue weighted by Gasteiger charge is -2.40. The van der Waals surface area contributed by atoms with Gasteiger partial charge in [0.05, 0.1) is 0 Å². The lowest BCUT2D eigenvalue weighted by atomic mass is 9.76. The summed E-state index contributed by atoms with van der Waals surface area (Å²) in [5.74, 6) is 0. The highest BCUT2D eigenvalue weighted by atomic mass is 15.1. The molecular formula is C12H27N. The molecule has 0 saturated heterocycles. The third-order valence-electron chi connectivity index (χ3n) is 2.43. The monoisotopic (exact) mass is 185 g/mol. The normalized spacial score (nSPS) is 16.4. The third-order valence-corrected chi connectivity index (χ3v) is 2.43. The second-order valence-electron chi connectivity index (χ2n) is 6.61. The van der Waals surface area contributed by atoms with Crippen LogP contribution in [0.2, 0.25) is 0 Å². The summed E-state index contributed by atoms with van der Waals surface area (Å²) in [5, 5.41) is 0. The Morgan fingerprint density at radius 2 is 1.31 bits per heavy atom. The van der Waals surface area contributed by atoms with Crippen LogP contribution in [0, 0.1) is 10.8 Å². The second kappa shape index (κ2) is 4.00. The first kappa shape index (κ1) is 13.0. The molecule has 0 spiro atoms. The standard InChI is InChI=1S/C12H27N/c1-11(2,3)9-10(13(7)8)12(4,5)6/h10H,9H2,1-8H3. The molecule has 0 heterocycles. The zero-order valence-corrected chi connectivity index (χ0v) is 10.7. The fourth-order valence-corrected chi connectivity index (χ4v) is 1.84. The summed E-state index contributed by atoms with van der Waals surface area (Å²) in [6.45, 7) is 13.9. The molecule has 0 aromatic heterocycles. The Bertz CT molecular complexity index is 145. The summed E-state index contributed by atoms with van der Waals surface area (Å²) in [7, 11) is 4.36. The van der Waals surface area contributed by atoms with Crippen LogP contribution in [0.1, 0.15) is 48.0 Å². The van der Waals surface area contributed by atoms with Crippen molar-refractivity contribution < 1.29 is 0 Å². The van der Waals surface area contributed by atoms with E-state index < -0.39 is 0 Å². The smallest absolute Gasteiger partial charge is 0.0143 e. The summed E-state index contributed by atoms with van der Waals surface area (Å²) in [5.41, 5.74) is 0.791. The molecule has 0 fully saturated rings. The van der Waals surface area contributed by atoms with Crippen LogP contribution < -0.4 is 0 Å². The summed E-state index contributed by atoms with van der Waals surface area (Å²) < 4.78 is 0. The first-order valence-electron chi connectivity index (χ1n) is 5.20. The predicted molar refractivity (Wildman–Crippen MR) is 61.0 cm³/mol. The van der Waals surface area contributed by atoms with E-state index in [1.54, 1.807) is 0 Å². The van der Waals surface area contributed by atoms with Crippen molar-refractivity contribution in [1.29, 1.82) is 0 Å². The van der Waals surface area contributed by atoms with E-state index in [-0.39, 0.29) is 0 Å². The highest BCUT2D eigenvalue weighted by Gasteiger charge is 2.30. The van der Waals surface area contributed by atoms with Crippen LogP contribution in [0.15, 0.2) is 0 Å². The van der Waals surface area contributed by atoms with E-state index in [1.165, 1.54) is 6.42 Å². The van der Waals surface area contributed by atoms with E-state index in [9.17, 15) is 0 Å². The largest absolute Gasteiger partial charge is 0.306 e. The quantitative estimate of drug-likeness (QED) is 0.637. The van der Waals surface area contributed by atoms with E-state index >= 15 is 0 Å². The van der Waals surface area contributed by atoms with Crippen molar-refractivity contribution in [3.63, 3.8) is 0 Å². The zero-order valence-electron chi connectivity index (χ0n) is 10.7. The number of nitrogens with zero attached hydrogens (tertiary/aromatic N) is 1. The van der Waals surface area contributed by atoms with Gasteiger partial charge in [-0.05, 0) is 31.3 Å². The van der Waals surface area contributed by atoms with Crippen molar-refractivity contribution in [2.45, 2.75) is 54.0 Å². The molecule has 1 heteroatoms. The van der Waals surface area contributed by atoms with Crippen LogP contribution in [0.5, 0.6) is 0 Å². The summed E-state index contributed by atoms with van der Waals surface area (Å²) >= 11 is 0. The molecule has 0 aliphatic heterocycles. The molecule has 0 aliphatic rings. The maximum Gasteiger partial charge on any atom is 0.0143 e. The van der Waals surface area contributed by atoms with Gasteiger partial charge in [-0.15, -0.1) is 0 Å². The minimum atomic E-state index is 0.372. The molecule has 1 nitrogen and oxygen atoms in total. The van der Waals surface area contributed by atoms with Gasteiger partial charge in [0.15, 0.2) is 0 Å². The first-order chi connectivity index (χ1) is 5.54. The Morgan fingerprint density at radius 3 is 1.38 bits per heavy atom. The van der Waals surface area contributed by atoms with Crippen molar-refractivity contribution >= 4 is 0 Å². The van der Waals surface area contributed by atoms with Gasteiger partial charge in [0.25, 0.3) is 0 Å². The minimum Gasteiger partial charge on any atom is -0.306 e. The number of hydrogen-bond donors (Lipinski definition) is 0. The molecule has 0 aliphatic carbocycles. The molecule has 0 radical (unpaired) electrons. The van der Waals surface area contributed by atoms with E-state index in [4.69, 9.17) is 0 Å². The van der Waals surface area contributed by atoms with Crippen molar-refractivity contribution in [2.75, 3.05) is 14.1 Å². The highest BCUT2D eigenvalue weighted by Crippen LogP contribution is 2.32. The van der Waals surface area contributed by atoms with Gasteiger partial charge in [0, 0.05) is 6.04 Å². The number of hydrogen-bond acceptors (Lipinski definition) is 1. The molecular weight excluding hydrogens is 158 g/mol. The molecule has 80 valence electrons. The van der Waals surface area contributed by atoms with Gasteiger partial charge < -0.3 is 4.90 Å². The van der Waals surface area contributed by atoms with Crippen LogP contribution >= 0.6 is 0 Å². The molecule has 0 aromatic carbocycles. The lowest BCUT2D eigenvalue weighted by molar-refractivity contribution is 0.105. The van der Waals surface area contributed by atoms with Crippen molar-refractivity contribution in [1.82, 2.24) is 4.90 Å². The van der Waals surface area contributed by atoms with Crippen molar-refractivity contribution in [2.24, 2.45) is 10.8 Å². The molecule has 1 atom stereocenters. The van der Waals surface area contributed by atoms with Crippen LogP contribution in [0.3, 0.4) is 0 Å². The van der Waals surface area contributed by atoms with Crippen molar-refractivity contribution in [3.8, 4) is 0 Å². The van der Waals surface area contributed by atoms with Crippen molar-refractivity contribution in [3.05, 3.63) is 0 Å². The molecule has 13 heavy (non-hydrogen) atoms. The maximum absolute atomic E-state index is 2.35. The van der Waals surface area contributed by atoms with Crippen LogP contribution in [0.4, 0.5) is 0 Å². The summed E-state index contributed by atoms with van der Waals surface area (Å²) in [6.07, 6.45) is 1.25. The van der Waals surface area contributed by atoms with E-state index in [0.29, 0.717) is 16.9 Å². The van der Waals surface area contributed by atoms with Gasteiger partial charge in [-0.1, -0.05) is 41.5 Å². The predicted octanol–water partition coefficient (Wildman–Crippen LogP) is 3.40. The topological polar surface area (TPSA) is 3.24 Å². The SMILES string of the molecule is CN(C)C(CC(C)(C)C)C(C)(C)C. The average molecular weight is 185 g/mol. The maximum atomic E-state index is 2.35. The van der Waals surface area contributed by atoms with Gasteiger partial charge in [0.1, 0.15) is 0 Å². The minimum absolute atomic E-state index is 0.372. The van der Waals surface area contributed by atoms with E-state index in [0.717, 1.165) is 0 Å². The Morgan fingerprint density at radius 1 is 0.923 bits per heavy atom. The van der Waals surface area contributed by atoms with Gasteiger partial charge in [-0.3, -0.25) is 0 Å². The van der Waals surface area contributed by atoms with Crippen LogP contribution in [-0.2, 0) is 0 Å². The lowest BCUT2D eigenvalue weighted by Crippen LogP contribution is -2.41. The second-order valence-corrected chi connectivity index (χ2v) is 6.61. The van der Waals surface area contributed by atoms with Gasteiger partial charge >= 0.3 is 0 Å². The van der Waals surface area contributed by atoms with Crippen LogP contribution in [0.25, 0.3) is 0 Å². The van der Waals surface area contributed by atoms with Gasteiger partial charge in [-0.25, -0.2) is 0 Å². The fourth-order valence-electron chi connectivity index (χ4n) is 1.84. The van der Waals surface area contributed by atoms with E-state index in [2.05, 4.69) is 60.5 Å². The Labute approximate surface area is 84.5 Å². The molecule has 0 N–H and O–H groups in total. The molecule has 0 saturated carbocycles. The Hall–Kier alpha value is -0.0400. The number of rotatable bonds is 2. The Kier molecular flexibility index (Phi) is 3.98. The fraction of sp³-hybridized carbons (Fsp3) is 1.00. The molecule has 1 unspecified atom stereocenters. The molecule has 0 amide bonds. The molecule has 0 aromatic rings. The summed E-state index contributed by atoms with van der Waals surface area (Å²) in [6, 6.07) is 0.660. The molecule has 0 rings (SSSR count). The average Bonchev–Trinajstić information content (AvgIpc) is 1.77. The van der Waals surface area contributed by atoms with Gasteiger partial charge in [0.2, 0.25) is 0 Å².